The van der Waals surface area contributed by atoms with Crippen LogP contribution in [0.2, 0.25) is 5.02 Å². The number of anilines is 1. The third-order valence-electron chi connectivity index (χ3n) is 4.65. The van der Waals surface area contributed by atoms with E-state index in [1.807, 2.05) is 30.3 Å². The number of hydrogen-bond acceptors (Lipinski definition) is 4. The first kappa shape index (κ1) is 19.2. The van der Waals surface area contributed by atoms with Crippen LogP contribution in [0.3, 0.4) is 0 Å². The van der Waals surface area contributed by atoms with Crippen LogP contribution in [0.1, 0.15) is 23.0 Å². The lowest BCUT2D eigenvalue weighted by atomic mass is 10.1. The summed E-state index contributed by atoms with van der Waals surface area (Å²) in [5.74, 6) is -0.0494. The molecule has 1 saturated heterocycles. The highest BCUT2D eigenvalue weighted by Crippen LogP contribution is 2.13. The van der Waals surface area contributed by atoms with Gasteiger partial charge in [0.1, 0.15) is 5.69 Å². The second-order valence-electron chi connectivity index (χ2n) is 6.53. The number of nitrogens with zero attached hydrogens (tertiary/aromatic N) is 3. The van der Waals surface area contributed by atoms with E-state index in [0.29, 0.717) is 31.9 Å². The number of pyridine rings is 1. The molecule has 1 aliphatic rings. The van der Waals surface area contributed by atoms with Gasteiger partial charge in [-0.3, -0.25) is 14.6 Å². The van der Waals surface area contributed by atoms with E-state index in [9.17, 15) is 9.59 Å². The maximum Gasteiger partial charge on any atom is 0.272 e. The van der Waals surface area contributed by atoms with Crippen molar-refractivity contribution < 1.29 is 9.59 Å². The minimum Gasteiger partial charge on any atom is -0.385 e. The van der Waals surface area contributed by atoms with Crippen LogP contribution < -0.4 is 5.32 Å². The average Bonchev–Trinajstić information content (AvgIpc) is 2.69. The molecule has 0 unspecified atom stereocenters. The molecule has 1 fully saturated rings. The van der Waals surface area contributed by atoms with Crippen LogP contribution in [0, 0.1) is 0 Å². The van der Waals surface area contributed by atoms with E-state index in [1.54, 1.807) is 29.0 Å². The molecule has 3 rings (SSSR count). The van der Waals surface area contributed by atoms with Gasteiger partial charge in [0.05, 0.1) is 0 Å². The zero-order chi connectivity index (χ0) is 19.2. The number of nitrogens with one attached hydrogen (secondary N) is 1. The van der Waals surface area contributed by atoms with Gasteiger partial charge in [-0.05, 0) is 36.2 Å². The van der Waals surface area contributed by atoms with Gasteiger partial charge < -0.3 is 15.1 Å². The molecule has 1 aliphatic heterocycles. The molecule has 2 amide bonds. The molecule has 0 atom stereocenters. The number of amides is 2. The Bertz CT molecular complexity index is 802. The molecule has 27 heavy (non-hydrogen) atoms. The molecular weight excluding hydrogens is 364 g/mol. The molecule has 6 nitrogen and oxygen atoms in total. The summed E-state index contributed by atoms with van der Waals surface area (Å²) in [6.45, 7) is 4.51. The summed E-state index contributed by atoms with van der Waals surface area (Å²) in [5, 5.41) is 4.06. The third-order valence-corrected chi connectivity index (χ3v) is 4.90. The number of halogens is 1. The van der Waals surface area contributed by atoms with E-state index in [0.717, 1.165) is 23.7 Å². The maximum atomic E-state index is 12.7. The van der Waals surface area contributed by atoms with Gasteiger partial charge >= 0.3 is 0 Å². The van der Waals surface area contributed by atoms with Crippen molar-refractivity contribution in [1.82, 2.24) is 14.8 Å². The lowest BCUT2D eigenvalue weighted by molar-refractivity contribution is -0.130. The Hall–Kier alpha value is -2.60. The van der Waals surface area contributed by atoms with Gasteiger partial charge in [-0.25, -0.2) is 0 Å². The lowest BCUT2D eigenvalue weighted by Gasteiger charge is -2.34. The minimum absolute atomic E-state index is 0.0482. The second-order valence-corrected chi connectivity index (χ2v) is 6.97. The number of benzene rings is 1. The highest BCUT2D eigenvalue weighted by molar-refractivity contribution is 6.30. The number of aromatic nitrogens is 1. The predicted octanol–water partition coefficient (Wildman–Crippen LogP) is 2.69. The van der Waals surface area contributed by atoms with Crippen molar-refractivity contribution in [3.8, 4) is 0 Å². The van der Waals surface area contributed by atoms with Crippen molar-refractivity contribution in [2.45, 2.75) is 13.3 Å². The Balaban J connectivity index is 1.54. The van der Waals surface area contributed by atoms with Crippen molar-refractivity contribution in [2.24, 2.45) is 0 Å². The van der Waals surface area contributed by atoms with Crippen LogP contribution in [-0.4, -0.2) is 59.3 Å². The first-order valence-electron chi connectivity index (χ1n) is 9.02. The molecule has 1 aromatic carbocycles. The smallest absolute Gasteiger partial charge is 0.272 e. The van der Waals surface area contributed by atoms with Gasteiger partial charge in [-0.2, -0.15) is 0 Å². The Morgan fingerprint density at radius 2 is 1.74 bits per heavy atom. The van der Waals surface area contributed by atoms with Crippen LogP contribution in [0.15, 0.2) is 42.6 Å². The number of carbonyl (C=O) groups excluding carboxylic acids is 2. The van der Waals surface area contributed by atoms with Gasteiger partial charge in [0.25, 0.3) is 5.91 Å². The molecule has 2 heterocycles. The molecule has 0 spiro atoms. The van der Waals surface area contributed by atoms with Crippen LogP contribution in [0.25, 0.3) is 0 Å². The number of piperazine rings is 1. The summed E-state index contributed by atoms with van der Waals surface area (Å²) in [5.41, 5.74) is 2.48. The fraction of sp³-hybridized carbons (Fsp3) is 0.350. The van der Waals surface area contributed by atoms with E-state index in [-0.39, 0.29) is 11.8 Å². The maximum absolute atomic E-state index is 12.7. The van der Waals surface area contributed by atoms with Crippen molar-refractivity contribution in [3.05, 3.63) is 58.9 Å². The van der Waals surface area contributed by atoms with E-state index >= 15 is 0 Å². The second kappa shape index (κ2) is 8.86. The largest absolute Gasteiger partial charge is 0.385 e. The number of hydrogen-bond donors (Lipinski definition) is 1. The minimum atomic E-state index is -0.0976. The molecule has 142 valence electrons. The SMILES string of the molecule is CC(=O)N1CCN(C(=O)c2cc(NCCc3ccc(Cl)cc3)ccn2)CC1. The van der Waals surface area contributed by atoms with Crippen molar-refractivity contribution in [2.75, 3.05) is 38.0 Å². The Labute approximate surface area is 164 Å². The Morgan fingerprint density at radius 3 is 2.41 bits per heavy atom. The van der Waals surface area contributed by atoms with Crippen LogP contribution in [-0.2, 0) is 11.2 Å². The first-order valence-corrected chi connectivity index (χ1v) is 9.40. The summed E-state index contributed by atoms with van der Waals surface area (Å²) in [4.78, 5) is 31.8. The summed E-state index contributed by atoms with van der Waals surface area (Å²) in [7, 11) is 0. The molecule has 0 saturated carbocycles. The summed E-state index contributed by atoms with van der Waals surface area (Å²) in [6.07, 6.45) is 2.50. The van der Waals surface area contributed by atoms with Crippen LogP contribution >= 0.6 is 11.6 Å². The number of carbonyl (C=O) groups is 2. The molecule has 0 radical (unpaired) electrons. The van der Waals surface area contributed by atoms with Crippen LogP contribution in [0.5, 0.6) is 0 Å². The zero-order valence-corrected chi connectivity index (χ0v) is 16.1. The quantitative estimate of drug-likeness (QED) is 0.858. The Kier molecular flexibility index (Phi) is 6.29. The normalized spacial score (nSPS) is 14.1. The fourth-order valence-electron chi connectivity index (χ4n) is 3.05. The summed E-state index contributed by atoms with van der Waals surface area (Å²) < 4.78 is 0. The van der Waals surface area contributed by atoms with Gasteiger partial charge in [-0.1, -0.05) is 23.7 Å². The molecule has 0 aliphatic carbocycles. The monoisotopic (exact) mass is 386 g/mol. The Morgan fingerprint density at radius 1 is 1.07 bits per heavy atom. The topological polar surface area (TPSA) is 65.5 Å². The van der Waals surface area contributed by atoms with Crippen LogP contribution in [0.4, 0.5) is 5.69 Å². The molecular formula is C20H23ClN4O2. The van der Waals surface area contributed by atoms with E-state index in [2.05, 4.69) is 10.3 Å². The highest BCUT2D eigenvalue weighted by atomic mass is 35.5. The number of rotatable bonds is 5. The van der Waals surface area contributed by atoms with E-state index in [1.165, 1.54) is 5.56 Å². The zero-order valence-electron chi connectivity index (χ0n) is 15.3. The molecule has 1 aromatic heterocycles. The van der Waals surface area contributed by atoms with Gasteiger partial charge in [0.2, 0.25) is 5.91 Å². The molecule has 0 bridgehead atoms. The van der Waals surface area contributed by atoms with E-state index < -0.39 is 0 Å². The molecule has 2 aromatic rings. The molecule has 7 heteroatoms. The van der Waals surface area contributed by atoms with Crippen molar-refractivity contribution in [3.63, 3.8) is 0 Å². The first-order chi connectivity index (χ1) is 13.0. The average molecular weight is 387 g/mol. The van der Waals surface area contributed by atoms with Crippen molar-refractivity contribution in [1.29, 1.82) is 0 Å². The van der Waals surface area contributed by atoms with Gasteiger partial charge in [-0.15, -0.1) is 0 Å². The van der Waals surface area contributed by atoms with Crippen molar-refractivity contribution >= 4 is 29.1 Å². The standard InChI is InChI=1S/C20H23ClN4O2/c1-15(26)24-10-12-25(13-11-24)20(27)19-14-18(7-9-23-19)22-8-6-16-2-4-17(21)5-3-16/h2-5,7,9,14H,6,8,10-13H2,1H3,(H,22,23). The van der Waals surface area contributed by atoms with E-state index in [4.69, 9.17) is 11.6 Å². The highest BCUT2D eigenvalue weighted by Gasteiger charge is 2.24. The third kappa shape index (κ3) is 5.20. The fourth-order valence-corrected chi connectivity index (χ4v) is 3.17. The predicted molar refractivity (Wildman–Crippen MR) is 106 cm³/mol. The lowest BCUT2D eigenvalue weighted by Crippen LogP contribution is -2.50. The van der Waals surface area contributed by atoms with Gasteiger partial charge in [0.15, 0.2) is 0 Å². The summed E-state index contributed by atoms with van der Waals surface area (Å²) in [6, 6.07) is 11.4. The summed E-state index contributed by atoms with van der Waals surface area (Å²) >= 11 is 5.90. The molecule has 1 N–H and O–H groups in total. The van der Waals surface area contributed by atoms with Gasteiger partial charge in [0, 0.05) is 56.6 Å².